The van der Waals surface area contributed by atoms with E-state index in [1.807, 2.05) is 0 Å². The Bertz CT molecular complexity index is 887. The highest BCUT2D eigenvalue weighted by atomic mass is 19.4. The van der Waals surface area contributed by atoms with Crippen LogP contribution in [0.2, 0.25) is 0 Å². The van der Waals surface area contributed by atoms with Crippen LogP contribution >= 0.6 is 0 Å². The van der Waals surface area contributed by atoms with Gasteiger partial charge in [0.2, 0.25) is 11.9 Å². The molecular formula is C18H20F6N6O. The fourth-order valence-corrected chi connectivity index (χ4v) is 2.44. The molecule has 7 nitrogen and oxygen atoms in total. The monoisotopic (exact) mass is 450 g/mol. The summed E-state index contributed by atoms with van der Waals surface area (Å²) in [6, 6.07) is 6.26. The summed E-state index contributed by atoms with van der Waals surface area (Å²) in [6.07, 6.45) is -8.42. The summed E-state index contributed by atoms with van der Waals surface area (Å²) in [6.45, 7) is 0.158. The van der Waals surface area contributed by atoms with Crippen LogP contribution < -0.4 is 21.3 Å². The second kappa shape index (κ2) is 10.3. The molecule has 2 aromatic rings. The highest BCUT2D eigenvalue weighted by Gasteiger charge is 2.35. The van der Waals surface area contributed by atoms with E-state index in [1.54, 1.807) is 18.2 Å². The molecule has 0 aliphatic heterocycles. The van der Waals surface area contributed by atoms with Crippen molar-refractivity contribution in [2.24, 2.45) is 0 Å². The summed E-state index contributed by atoms with van der Waals surface area (Å²) in [5, 5.41) is 9.94. The van der Waals surface area contributed by atoms with Crippen LogP contribution in [0.4, 0.5) is 43.8 Å². The lowest BCUT2D eigenvalue weighted by molar-refractivity contribution is -0.137. The summed E-state index contributed by atoms with van der Waals surface area (Å²) in [4.78, 5) is 18.4. The number of carbonyl (C=O) groups is 1. The molecule has 0 aliphatic carbocycles. The summed E-state index contributed by atoms with van der Waals surface area (Å²) in [5.41, 5.74) is -0.170. The van der Waals surface area contributed by atoms with Gasteiger partial charge in [-0.15, -0.1) is 0 Å². The maximum atomic E-state index is 13.2. The molecule has 0 saturated heterocycles. The molecule has 170 valence electrons. The standard InChI is InChI=1S/C18H20F6N6O/c1-11(31)26-5-6-27-15-14(18(22,23)24)9-28-16(30-15)29-13-4-2-3-12(7-13)8-25-10-17(19,20)21/h2-4,7,9,25H,5-6,8,10H2,1H3,(H,26,31)(H2,27,28,29,30). The Morgan fingerprint density at radius 2 is 1.84 bits per heavy atom. The average Bonchev–Trinajstić information content (AvgIpc) is 2.63. The van der Waals surface area contributed by atoms with Crippen molar-refractivity contribution in [1.82, 2.24) is 20.6 Å². The lowest BCUT2D eigenvalue weighted by atomic mass is 10.2. The van der Waals surface area contributed by atoms with Crippen molar-refractivity contribution in [3.8, 4) is 0 Å². The van der Waals surface area contributed by atoms with Crippen molar-refractivity contribution in [1.29, 1.82) is 0 Å². The topological polar surface area (TPSA) is 91.0 Å². The zero-order chi connectivity index (χ0) is 23.1. The minimum absolute atomic E-state index is 0.000523. The van der Waals surface area contributed by atoms with Crippen LogP contribution in [0, 0.1) is 0 Å². The molecule has 31 heavy (non-hydrogen) atoms. The van der Waals surface area contributed by atoms with E-state index >= 15 is 0 Å². The highest BCUT2D eigenvalue weighted by Crippen LogP contribution is 2.34. The van der Waals surface area contributed by atoms with Crippen LogP contribution in [0.15, 0.2) is 30.5 Å². The Kier molecular flexibility index (Phi) is 8.02. The van der Waals surface area contributed by atoms with Crippen LogP contribution in [0.3, 0.4) is 0 Å². The van der Waals surface area contributed by atoms with Crippen LogP contribution in [-0.2, 0) is 17.5 Å². The molecule has 0 unspecified atom stereocenters. The van der Waals surface area contributed by atoms with Gasteiger partial charge in [0.15, 0.2) is 0 Å². The number of rotatable bonds is 9. The number of hydrogen-bond donors (Lipinski definition) is 4. The number of carbonyl (C=O) groups excluding carboxylic acids is 1. The molecule has 1 aromatic carbocycles. The summed E-state index contributed by atoms with van der Waals surface area (Å²) < 4.78 is 76.3. The van der Waals surface area contributed by atoms with E-state index in [2.05, 4.69) is 31.2 Å². The van der Waals surface area contributed by atoms with E-state index < -0.39 is 30.3 Å². The number of nitrogens with one attached hydrogen (secondary N) is 4. The average molecular weight is 450 g/mol. The molecule has 0 atom stereocenters. The van der Waals surface area contributed by atoms with Gasteiger partial charge >= 0.3 is 12.4 Å². The van der Waals surface area contributed by atoms with Gasteiger partial charge in [0.25, 0.3) is 0 Å². The SMILES string of the molecule is CC(=O)NCCNc1nc(Nc2cccc(CNCC(F)(F)F)c2)ncc1C(F)(F)F. The highest BCUT2D eigenvalue weighted by molar-refractivity contribution is 5.72. The van der Waals surface area contributed by atoms with E-state index in [9.17, 15) is 31.1 Å². The first-order valence-electron chi connectivity index (χ1n) is 9.00. The largest absolute Gasteiger partial charge is 0.421 e. The number of halogens is 6. The number of anilines is 3. The maximum absolute atomic E-state index is 13.2. The van der Waals surface area contributed by atoms with Gasteiger partial charge < -0.3 is 21.3 Å². The second-order valence-corrected chi connectivity index (χ2v) is 6.41. The van der Waals surface area contributed by atoms with Crippen molar-refractivity contribution in [3.05, 3.63) is 41.6 Å². The molecule has 1 aromatic heterocycles. The molecular weight excluding hydrogens is 430 g/mol. The molecule has 1 amide bonds. The number of hydrogen-bond acceptors (Lipinski definition) is 6. The number of benzene rings is 1. The predicted molar refractivity (Wildman–Crippen MR) is 102 cm³/mol. The normalized spacial score (nSPS) is 11.8. The number of nitrogens with zero attached hydrogens (tertiary/aromatic N) is 2. The number of alkyl halides is 6. The Morgan fingerprint density at radius 3 is 2.48 bits per heavy atom. The lowest BCUT2D eigenvalue weighted by Gasteiger charge is -2.15. The van der Waals surface area contributed by atoms with Gasteiger partial charge in [-0.25, -0.2) is 4.98 Å². The van der Waals surface area contributed by atoms with E-state index in [0.717, 1.165) is 0 Å². The fourth-order valence-electron chi connectivity index (χ4n) is 2.44. The summed E-state index contributed by atoms with van der Waals surface area (Å²) in [7, 11) is 0. The Hall–Kier alpha value is -3.09. The first kappa shape index (κ1) is 24.2. The minimum Gasteiger partial charge on any atom is -0.368 e. The Balaban J connectivity index is 2.11. The van der Waals surface area contributed by atoms with Crippen LogP contribution in [0.5, 0.6) is 0 Å². The molecule has 0 bridgehead atoms. The van der Waals surface area contributed by atoms with Gasteiger partial charge in [0.1, 0.15) is 11.4 Å². The van der Waals surface area contributed by atoms with Gasteiger partial charge in [-0.05, 0) is 17.7 Å². The van der Waals surface area contributed by atoms with Gasteiger partial charge in [-0.2, -0.15) is 31.3 Å². The zero-order valence-corrected chi connectivity index (χ0v) is 16.3. The van der Waals surface area contributed by atoms with Gasteiger partial charge in [0, 0.05) is 38.4 Å². The summed E-state index contributed by atoms with van der Waals surface area (Å²) in [5.74, 6) is -0.943. The maximum Gasteiger partial charge on any atom is 0.421 e. The third-order valence-electron chi connectivity index (χ3n) is 3.72. The zero-order valence-electron chi connectivity index (χ0n) is 16.3. The smallest absolute Gasteiger partial charge is 0.368 e. The molecule has 1 heterocycles. The molecule has 0 spiro atoms. The van der Waals surface area contributed by atoms with Gasteiger partial charge in [-0.3, -0.25) is 4.79 Å². The minimum atomic E-state index is -4.70. The van der Waals surface area contributed by atoms with Crippen LogP contribution in [-0.4, -0.2) is 41.7 Å². The first-order valence-corrected chi connectivity index (χ1v) is 9.00. The van der Waals surface area contributed by atoms with Crippen LogP contribution in [0.1, 0.15) is 18.1 Å². The Labute approximate surface area is 173 Å². The summed E-state index contributed by atoms with van der Waals surface area (Å²) >= 11 is 0. The number of aromatic nitrogens is 2. The Morgan fingerprint density at radius 1 is 1.10 bits per heavy atom. The second-order valence-electron chi connectivity index (χ2n) is 6.41. The van der Waals surface area contributed by atoms with Crippen molar-refractivity contribution in [3.63, 3.8) is 0 Å². The molecule has 2 rings (SSSR count). The molecule has 4 N–H and O–H groups in total. The van der Waals surface area contributed by atoms with Crippen molar-refractivity contribution in [2.45, 2.75) is 25.8 Å². The van der Waals surface area contributed by atoms with E-state index in [4.69, 9.17) is 0 Å². The predicted octanol–water partition coefficient (Wildman–Crippen LogP) is 3.44. The van der Waals surface area contributed by atoms with Gasteiger partial charge in [0.05, 0.1) is 6.54 Å². The fraction of sp³-hybridized carbons (Fsp3) is 0.389. The van der Waals surface area contributed by atoms with Crippen LogP contribution in [0.25, 0.3) is 0 Å². The molecule has 0 saturated carbocycles. The third-order valence-corrected chi connectivity index (χ3v) is 3.72. The lowest BCUT2D eigenvalue weighted by Crippen LogP contribution is -2.28. The van der Waals surface area contributed by atoms with Gasteiger partial charge in [-0.1, -0.05) is 12.1 Å². The van der Waals surface area contributed by atoms with E-state index in [1.165, 1.54) is 13.0 Å². The van der Waals surface area contributed by atoms with Crippen molar-refractivity contribution >= 4 is 23.4 Å². The number of amides is 1. The van der Waals surface area contributed by atoms with Crippen molar-refractivity contribution < 1.29 is 31.1 Å². The first-order chi connectivity index (χ1) is 14.4. The molecule has 0 aliphatic rings. The third kappa shape index (κ3) is 8.66. The molecule has 13 heteroatoms. The van der Waals surface area contributed by atoms with E-state index in [-0.39, 0.29) is 31.5 Å². The molecule has 0 fully saturated rings. The van der Waals surface area contributed by atoms with Crippen molar-refractivity contribution in [2.75, 3.05) is 30.3 Å². The quantitative estimate of drug-likeness (QED) is 0.346. The van der Waals surface area contributed by atoms with E-state index in [0.29, 0.717) is 17.4 Å². The molecule has 0 radical (unpaired) electrons.